The Morgan fingerprint density at radius 2 is 0.950 bits per heavy atom. The van der Waals surface area contributed by atoms with Gasteiger partial charge in [-0.1, -0.05) is 47.5 Å². The summed E-state index contributed by atoms with van der Waals surface area (Å²) in [5, 5.41) is 20.9. The highest BCUT2D eigenvalue weighted by Gasteiger charge is 2.18. The van der Waals surface area contributed by atoms with Gasteiger partial charge in [-0.05, 0) is 120 Å². The van der Waals surface area contributed by atoms with Gasteiger partial charge in [0.25, 0.3) is 0 Å². The minimum Gasteiger partial charge on any atom is -0.478 e. The van der Waals surface area contributed by atoms with Crippen LogP contribution in [0.5, 0.6) is 0 Å². The number of hydrogen-bond donors (Lipinski definition) is 5. The zero-order valence-corrected chi connectivity index (χ0v) is 36.0. The Labute approximate surface area is 359 Å². The van der Waals surface area contributed by atoms with Crippen molar-refractivity contribution < 1.29 is 48.1 Å². The molecular weight excluding hydrogens is 815 g/mol. The lowest BCUT2D eigenvalue weighted by Gasteiger charge is -2.19. The fourth-order valence-corrected chi connectivity index (χ4v) is 5.62. The highest BCUT2D eigenvalue weighted by atomic mass is 35.5. The highest BCUT2D eigenvalue weighted by molar-refractivity contribution is 6.34. The van der Waals surface area contributed by atoms with Gasteiger partial charge in [0.1, 0.15) is 11.2 Å². The Balaban J connectivity index is 0.000000321. The van der Waals surface area contributed by atoms with E-state index in [4.69, 9.17) is 42.5 Å². The maximum Gasteiger partial charge on any atom is 0.338 e. The normalized spacial score (nSPS) is 11.0. The van der Waals surface area contributed by atoms with Crippen molar-refractivity contribution in [2.75, 3.05) is 43.4 Å². The first-order chi connectivity index (χ1) is 28.1. The van der Waals surface area contributed by atoms with Gasteiger partial charge in [0.2, 0.25) is 11.8 Å². The Morgan fingerprint density at radius 1 is 0.567 bits per heavy atom. The summed E-state index contributed by atoms with van der Waals surface area (Å²) < 4.78 is 15.3. The van der Waals surface area contributed by atoms with Crippen LogP contribution in [0.25, 0.3) is 22.3 Å². The predicted octanol–water partition coefficient (Wildman–Crippen LogP) is 7.63. The highest BCUT2D eigenvalue weighted by Crippen LogP contribution is 2.32. The number of carboxylic acids is 1. The number of rotatable bonds is 15. The molecule has 14 nitrogen and oxygen atoms in total. The van der Waals surface area contributed by atoms with E-state index >= 15 is 0 Å². The average molecular weight is 866 g/mol. The van der Waals surface area contributed by atoms with Gasteiger partial charge < -0.3 is 30.0 Å². The first kappa shape index (κ1) is 48.6. The van der Waals surface area contributed by atoms with Crippen molar-refractivity contribution in [1.29, 1.82) is 0 Å². The number of carbonyl (C=O) groups is 6. The van der Waals surface area contributed by atoms with Crippen LogP contribution >= 0.6 is 23.2 Å². The number of ether oxygens (including phenoxy) is 3. The van der Waals surface area contributed by atoms with Crippen LogP contribution in [0.1, 0.15) is 69.2 Å². The third kappa shape index (κ3) is 17.2. The molecule has 4 aromatic rings. The molecule has 0 aromatic heterocycles. The summed E-state index contributed by atoms with van der Waals surface area (Å²) in [6, 6.07) is 23.2. The van der Waals surface area contributed by atoms with Crippen molar-refractivity contribution in [3.05, 3.63) is 106 Å². The first-order valence-electron chi connectivity index (χ1n) is 18.8. The number of anilines is 2. The Morgan fingerprint density at radius 3 is 1.30 bits per heavy atom. The lowest BCUT2D eigenvalue weighted by Crippen LogP contribution is -2.35. The van der Waals surface area contributed by atoms with Gasteiger partial charge in [-0.2, -0.15) is 0 Å². The summed E-state index contributed by atoms with van der Waals surface area (Å²) in [6.07, 6.45) is 0. The number of nitrogens with one attached hydrogen (secondary N) is 4. The van der Waals surface area contributed by atoms with E-state index in [1.165, 1.54) is 12.1 Å². The van der Waals surface area contributed by atoms with Gasteiger partial charge in [0, 0.05) is 32.5 Å². The standard InChI is InChI=1S/C23H27ClN2O5.C21H23ClN2O5/c1-5-30-22(29)16-8-6-15(7-9-16)18-12-17(10-11-19(18)24)26-20(27)13-25-14-21(28)31-23(2,3)4;1-21(2,3)29-19(26)12-23-11-18(25)24-15-8-9-17(22)16(10-15)13-4-6-14(7-5-13)20(27)28/h6-12,25H,5,13-14H2,1-4H3,(H,26,27);4-10,23H,11-12H2,1-3H3,(H,24,25)(H,27,28). The molecule has 0 spiro atoms. The molecule has 4 aromatic carbocycles. The van der Waals surface area contributed by atoms with Crippen molar-refractivity contribution in [2.45, 2.75) is 59.7 Å². The van der Waals surface area contributed by atoms with Crippen molar-refractivity contribution in [1.82, 2.24) is 10.6 Å². The van der Waals surface area contributed by atoms with Crippen LogP contribution in [-0.2, 0) is 33.4 Å². The summed E-state index contributed by atoms with van der Waals surface area (Å²) >= 11 is 12.6. The molecule has 0 heterocycles. The van der Waals surface area contributed by atoms with E-state index in [0.29, 0.717) is 44.7 Å². The topological polar surface area (TPSA) is 198 Å². The van der Waals surface area contributed by atoms with E-state index < -0.39 is 29.1 Å². The largest absolute Gasteiger partial charge is 0.478 e. The number of benzene rings is 4. The number of aromatic carboxylic acids is 1. The summed E-state index contributed by atoms with van der Waals surface area (Å²) in [5.74, 6) is -2.91. The van der Waals surface area contributed by atoms with E-state index in [1.54, 1.807) is 121 Å². The molecule has 60 heavy (non-hydrogen) atoms. The van der Waals surface area contributed by atoms with Gasteiger partial charge in [-0.3, -0.25) is 29.8 Å². The molecule has 0 fully saturated rings. The molecule has 0 bridgehead atoms. The fourth-order valence-electron chi connectivity index (χ4n) is 5.16. The average Bonchev–Trinajstić information content (AvgIpc) is 3.15. The lowest BCUT2D eigenvalue weighted by atomic mass is 10.0. The molecule has 16 heteroatoms. The van der Waals surface area contributed by atoms with E-state index in [-0.39, 0.29) is 49.5 Å². The molecule has 0 saturated carbocycles. The second-order valence-corrected chi connectivity index (χ2v) is 15.9. The summed E-state index contributed by atoms with van der Waals surface area (Å²) in [6.45, 7) is 12.4. The molecule has 5 N–H and O–H groups in total. The van der Waals surface area contributed by atoms with Crippen molar-refractivity contribution in [3.63, 3.8) is 0 Å². The van der Waals surface area contributed by atoms with Gasteiger partial charge in [0.05, 0.1) is 43.9 Å². The van der Waals surface area contributed by atoms with Crippen molar-refractivity contribution in [3.8, 4) is 22.3 Å². The molecule has 2 amide bonds. The molecule has 0 aliphatic heterocycles. The molecule has 0 saturated heterocycles. The minimum absolute atomic E-state index is 0.0502. The molecule has 320 valence electrons. The zero-order valence-electron chi connectivity index (χ0n) is 34.5. The SMILES string of the molecule is CC(C)(C)OC(=O)CNCC(=O)Nc1ccc(Cl)c(-c2ccc(C(=O)O)cc2)c1.CCOC(=O)c1ccc(-c2cc(NC(=O)CNCC(=O)OC(C)(C)C)ccc2Cl)cc1. The number of hydrogen-bond acceptors (Lipinski definition) is 11. The summed E-state index contributed by atoms with van der Waals surface area (Å²) in [7, 11) is 0. The van der Waals surface area contributed by atoms with Gasteiger partial charge in [0.15, 0.2) is 0 Å². The van der Waals surface area contributed by atoms with Gasteiger partial charge in [-0.25, -0.2) is 9.59 Å². The number of halogens is 2. The van der Waals surface area contributed by atoms with Crippen LogP contribution in [0.2, 0.25) is 10.0 Å². The van der Waals surface area contributed by atoms with Crippen LogP contribution in [0.15, 0.2) is 84.9 Å². The van der Waals surface area contributed by atoms with Crippen molar-refractivity contribution >= 4 is 70.3 Å². The van der Waals surface area contributed by atoms with Crippen LogP contribution < -0.4 is 21.3 Å². The number of carbonyl (C=O) groups excluding carboxylic acids is 5. The third-order valence-electron chi connectivity index (χ3n) is 7.60. The lowest BCUT2D eigenvalue weighted by molar-refractivity contribution is -0.154. The van der Waals surface area contributed by atoms with E-state index in [2.05, 4.69) is 21.3 Å². The quantitative estimate of drug-likeness (QED) is 0.0580. The summed E-state index contributed by atoms with van der Waals surface area (Å²) in [5.41, 5.74) is 3.41. The monoisotopic (exact) mass is 864 g/mol. The van der Waals surface area contributed by atoms with E-state index in [9.17, 15) is 28.8 Å². The van der Waals surface area contributed by atoms with Crippen LogP contribution in [-0.4, -0.2) is 84.8 Å². The second-order valence-electron chi connectivity index (χ2n) is 15.0. The smallest absolute Gasteiger partial charge is 0.338 e. The number of carboxylic acid groups (broad SMARTS) is 1. The van der Waals surface area contributed by atoms with E-state index in [1.807, 2.05) is 0 Å². The van der Waals surface area contributed by atoms with Crippen molar-refractivity contribution in [2.24, 2.45) is 0 Å². The number of esters is 3. The Bertz CT molecular complexity index is 2150. The fraction of sp³-hybridized carbons (Fsp3) is 0.318. The minimum atomic E-state index is -1.01. The number of amides is 2. The molecule has 4 rings (SSSR count). The molecule has 0 aliphatic carbocycles. The predicted molar refractivity (Wildman–Crippen MR) is 231 cm³/mol. The second kappa shape index (κ2) is 22.5. The molecule has 0 unspecified atom stereocenters. The Kier molecular flexibility index (Phi) is 18.2. The molecular formula is C44H50Cl2N4O10. The molecule has 0 atom stereocenters. The Hall–Kier alpha value is -5.80. The third-order valence-corrected chi connectivity index (χ3v) is 8.26. The van der Waals surface area contributed by atoms with Crippen LogP contribution in [0.3, 0.4) is 0 Å². The maximum absolute atomic E-state index is 12.2. The maximum atomic E-state index is 12.2. The molecule has 0 radical (unpaired) electrons. The summed E-state index contributed by atoms with van der Waals surface area (Å²) in [4.78, 5) is 70.4. The molecule has 0 aliphatic rings. The van der Waals surface area contributed by atoms with Gasteiger partial charge >= 0.3 is 23.9 Å². The van der Waals surface area contributed by atoms with E-state index in [0.717, 1.165) is 11.1 Å². The van der Waals surface area contributed by atoms with Gasteiger partial charge in [-0.15, -0.1) is 0 Å². The van der Waals surface area contributed by atoms with Crippen LogP contribution in [0, 0.1) is 0 Å². The van der Waals surface area contributed by atoms with Crippen LogP contribution in [0.4, 0.5) is 11.4 Å². The first-order valence-corrected chi connectivity index (χ1v) is 19.5. The zero-order chi connectivity index (χ0) is 44.6.